The Bertz CT molecular complexity index is 326. The van der Waals surface area contributed by atoms with Gasteiger partial charge in [-0.3, -0.25) is 9.78 Å². The molecular formula is C11H15N3O. The Morgan fingerprint density at radius 1 is 1.47 bits per heavy atom. The van der Waals surface area contributed by atoms with Gasteiger partial charge in [0.2, 0.25) is 5.91 Å². The summed E-state index contributed by atoms with van der Waals surface area (Å²) in [6.07, 6.45) is 5.51. The molecule has 0 spiro atoms. The van der Waals surface area contributed by atoms with Crippen LogP contribution in [0.4, 0.5) is 0 Å². The zero-order chi connectivity index (χ0) is 10.5. The summed E-state index contributed by atoms with van der Waals surface area (Å²) >= 11 is 0. The summed E-state index contributed by atoms with van der Waals surface area (Å²) < 4.78 is 0. The van der Waals surface area contributed by atoms with Gasteiger partial charge in [0.1, 0.15) is 0 Å². The standard InChI is InChI=1S/C11H15N3O/c15-11-10(2-1-5-13-11)14-8-9-3-6-12-7-4-9/h3-4,6-7,10,14H,1-2,5,8H2,(H,13,15). The zero-order valence-corrected chi connectivity index (χ0v) is 8.57. The van der Waals surface area contributed by atoms with Gasteiger partial charge in [-0.1, -0.05) is 0 Å². The van der Waals surface area contributed by atoms with Crippen molar-refractivity contribution < 1.29 is 4.79 Å². The van der Waals surface area contributed by atoms with Gasteiger partial charge in [0.05, 0.1) is 6.04 Å². The highest BCUT2D eigenvalue weighted by atomic mass is 16.2. The number of carbonyl (C=O) groups excluding carboxylic acids is 1. The third-order valence-electron chi connectivity index (χ3n) is 2.59. The second-order valence-electron chi connectivity index (χ2n) is 3.72. The van der Waals surface area contributed by atoms with Crippen molar-refractivity contribution in [3.05, 3.63) is 30.1 Å². The fourth-order valence-electron chi connectivity index (χ4n) is 1.71. The lowest BCUT2D eigenvalue weighted by Gasteiger charge is -2.22. The summed E-state index contributed by atoms with van der Waals surface area (Å²) in [6.45, 7) is 1.53. The molecule has 1 aliphatic rings. The number of hydrogen-bond donors (Lipinski definition) is 2. The molecule has 4 nitrogen and oxygen atoms in total. The van der Waals surface area contributed by atoms with Crippen molar-refractivity contribution in [1.29, 1.82) is 0 Å². The summed E-state index contributed by atoms with van der Waals surface area (Å²) in [5.74, 6) is 0.121. The highest BCUT2D eigenvalue weighted by Gasteiger charge is 2.20. The van der Waals surface area contributed by atoms with Crippen LogP contribution in [0, 0.1) is 0 Å². The molecule has 1 aromatic rings. The largest absolute Gasteiger partial charge is 0.355 e. The summed E-state index contributed by atoms with van der Waals surface area (Å²) in [5, 5.41) is 6.10. The molecule has 2 N–H and O–H groups in total. The molecule has 1 aliphatic heterocycles. The van der Waals surface area contributed by atoms with E-state index in [0.29, 0.717) is 0 Å². The molecule has 0 radical (unpaired) electrons. The van der Waals surface area contributed by atoms with E-state index in [1.807, 2.05) is 12.1 Å². The van der Waals surface area contributed by atoms with Gasteiger partial charge >= 0.3 is 0 Å². The van der Waals surface area contributed by atoms with Crippen molar-refractivity contribution in [3.63, 3.8) is 0 Å². The molecule has 0 bridgehead atoms. The van der Waals surface area contributed by atoms with Crippen LogP contribution in [0.1, 0.15) is 18.4 Å². The van der Waals surface area contributed by atoms with Crippen LogP contribution < -0.4 is 10.6 Å². The summed E-state index contributed by atoms with van der Waals surface area (Å²) in [4.78, 5) is 15.4. The minimum Gasteiger partial charge on any atom is -0.355 e. The molecule has 0 saturated carbocycles. The first kappa shape index (κ1) is 10.1. The molecule has 1 atom stereocenters. The number of hydrogen-bond acceptors (Lipinski definition) is 3. The first-order valence-electron chi connectivity index (χ1n) is 5.26. The van der Waals surface area contributed by atoms with E-state index < -0.39 is 0 Å². The molecule has 80 valence electrons. The van der Waals surface area contributed by atoms with Gasteiger partial charge in [-0.05, 0) is 30.5 Å². The topological polar surface area (TPSA) is 54.0 Å². The quantitative estimate of drug-likeness (QED) is 0.753. The van der Waals surface area contributed by atoms with E-state index in [2.05, 4.69) is 15.6 Å². The molecule has 1 unspecified atom stereocenters. The van der Waals surface area contributed by atoms with E-state index in [1.54, 1.807) is 12.4 Å². The van der Waals surface area contributed by atoms with E-state index in [4.69, 9.17) is 0 Å². The van der Waals surface area contributed by atoms with Crippen molar-refractivity contribution in [2.45, 2.75) is 25.4 Å². The van der Waals surface area contributed by atoms with Crippen LogP contribution >= 0.6 is 0 Å². The lowest BCUT2D eigenvalue weighted by molar-refractivity contribution is -0.124. The first-order chi connectivity index (χ1) is 7.36. The number of piperidine rings is 1. The highest BCUT2D eigenvalue weighted by Crippen LogP contribution is 2.04. The third kappa shape index (κ3) is 2.76. The van der Waals surface area contributed by atoms with Gasteiger partial charge in [0, 0.05) is 25.5 Å². The van der Waals surface area contributed by atoms with E-state index in [9.17, 15) is 4.79 Å². The molecular weight excluding hydrogens is 190 g/mol. The summed E-state index contributed by atoms with van der Waals surface area (Å²) in [6, 6.07) is 3.87. The third-order valence-corrected chi connectivity index (χ3v) is 2.59. The van der Waals surface area contributed by atoms with Crippen molar-refractivity contribution in [1.82, 2.24) is 15.6 Å². The van der Waals surface area contributed by atoms with Crippen LogP contribution in [-0.2, 0) is 11.3 Å². The Morgan fingerprint density at radius 2 is 2.27 bits per heavy atom. The Balaban J connectivity index is 1.85. The van der Waals surface area contributed by atoms with Crippen molar-refractivity contribution in [2.75, 3.05) is 6.54 Å². The van der Waals surface area contributed by atoms with Gasteiger partial charge in [0.25, 0.3) is 0 Å². The van der Waals surface area contributed by atoms with Crippen LogP contribution in [0.5, 0.6) is 0 Å². The normalized spacial score (nSPS) is 21.1. The maximum atomic E-state index is 11.4. The minimum atomic E-state index is -0.0353. The Hall–Kier alpha value is -1.42. The predicted molar refractivity (Wildman–Crippen MR) is 57.1 cm³/mol. The second kappa shape index (κ2) is 4.89. The van der Waals surface area contributed by atoms with Crippen molar-refractivity contribution in [3.8, 4) is 0 Å². The van der Waals surface area contributed by atoms with Gasteiger partial charge in [0.15, 0.2) is 0 Å². The molecule has 1 amide bonds. The van der Waals surface area contributed by atoms with Gasteiger partial charge in [-0.15, -0.1) is 0 Å². The van der Waals surface area contributed by atoms with Gasteiger partial charge < -0.3 is 10.6 Å². The van der Waals surface area contributed by atoms with Crippen LogP contribution in [0.2, 0.25) is 0 Å². The Morgan fingerprint density at radius 3 is 3.00 bits per heavy atom. The molecule has 2 rings (SSSR count). The molecule has 1 saturated heterocycles. The number of nitrogens with one attached hydrogen (secondary N) is 2. The molecule has 15 heavy (non-hydrogen) atoms. The van der Waals surface area contributed by atoms with Crippen molar-refractivity contribution in [2.24, 2.45) is 0 Å². The van der Waals surface area contributed by atoms with Crippen LogP contribution in [0.15, 0.2) is 24.5 Å². The predicted octanol–water partition coefficient (Wildman–Crippen LogP) is 0.450. The smallest absolute Gasteiger partial charge is 0.237 e. The van der Waals surface area contributed by atoms with E-state index in [0.717, 1.165) is 31.5 Å². The fraction of sp³-hybridized carbons (Fsp3) is 0.455. The first-order valence-corrected chi connectivity index (χ1v) is 5.26. The van der Waals surface area contributed by atoms with E-state index in [1.165, 1.54) is 0 Å². The lowest BCUT2D eigenvalue weighted by atomic mass is 10.1. The number of aromatic nitrogens is 1. The number of amides is 1. The molecule has 0 aromatic carbocycles. The number of rotatable bonds is 3. The van der Waals surface area contributed by atoms with Crippen LogP contribution in [0.3, 0.4) is 0 Å². The SMILES string of the molecule is O=C1NCCCC1NCc1ccncc1. The average Bonchev–Trinajstić information content (AvgIpc) is 2.29. The molecule has 4 heteroatoms. The van der Waals surface area contributed by atoms with Crippen molar-refractivity contribution >= 4 is 5.91 Å². The van der Waals surface area contributed by atoms with E-state index in [-0.39, 0.29) is 11.9 Å². The average molecular weight is 205 g/mol. The lowest BCUT2D eigenvalue weighted by Crippen LogP contribution is -2.47. The minimum absolute atomic E-state index is 0.0353. The van der Waals surface area contributed by atoms with Gasteiger partial charge in [-0.25, -0.2) is 0 Å². The summed E-state index contributed by atoms with van der Waals surface area (Å²) in [7, 11) is 0. The highest BCUT2D eigenvalue weighted by molar-refractivity contribution is 5.82. The van der Waals surface area contributed by atoms with Gasteiger partial charge in [-0.2, -0.15) is 0 Å². The second-order valence-corrected chi connectivity index (χ2v) is 3.72. The zero-order valence-electron chi connectivity index (χ0n) is 8.57. The van der Waals surface area contributed by atoms with E-state index >= 15 is 0 Å². The number of carbonyl (C=O) groups is 1. The maximum Gasteiger partial charge on any atom is 0.237 e. The van der Waals surface area contributed by atoms with Crippen LogP contribution in [-0.4, -0.2) is 23.5 Å². The number of nitrogens with zero attached hydrogens (tertiary/aromatic N) is 1. The maximum absolute atomic E-state index is 11.4. The summed E-state index contributed by atoms with van der Waals surface area (Å²) in [5.41, 5.74) is 1.16. The monoisotopic (exact) mass is 205 g/mol. The molecule has 0 aliphatic carbocycles. The number of pyridine rings is 1. The van der Waals surface area contributed by atoms with Crippen LogP contribution in [0.25, 0.3) is 0 Å². The Labute approximate surface area is 89.1 Å². The molecule has 2 heterocycles. The Kier molecular flexibility index (Phi) is 3.29. The molecule has 1 fully saturated rings. The fourth-order valence-corrected chi connectivity index (χ4v) is 1.71. The molecule has 1 aromatic heterocycles.